The first-order chi connectivity index (χ1) is 12.4. The zero-order valence-corrected chi connectivity index (χ0v) is 15.9. The van der Waals surface area contributed by atoms with E-state index in [1.54, 1.807) is 11.5 Å². The van der Waals surface area contributed by atoms with Crippen LogP contribution in [0.1, 0.15) is 47.6 Å². The molecule has 1 saturated carbocycles. The molecule has 1 aliphatic heterocycles. The summed E-state index contributed by atoms with van der Waals surface area (Å²) in [6, 6.07) is 2.63. The highest BCUT2D eigenvalue weighted by atomic mass is 35.5. The highest BCUT2D eigenvalue weighted by Crippen LogP contribution is 2.39. The average molecular weight is 396 g/mol. The highest BCUT2D eigenvalue weighted by Gasteiger charge is 2.31. The third-order valence-electron chi connectivity index (χ3n) is 5.40. The number of piperidine rings is 1. The van der Waals surface area contributed by atoms with Crippen LogP contribution in [0.15, 0.2) is 16.9 Å². The van der Waals surface area contributed by atoms with Crippen molar-refractivity contribution >= 4 is 35.0 Å². The molecule has 1 aromatic heterocycles. The Bertz CT molecular complexity index is 971. The number of rotatable bonds is 3. The lowest BCUT2D eigenvalue weighted by atomic mass is 10.0. The number of halogens is 2. The number of aromatic nitrogens is 1. The summed E-state index contributed by atoms with van der Waals surface area (Å²) in [6.07, 6.45) is 3.47. The van der Waals surface area contributed by atoms with Crippen LogP contribution < -0.4 is 16.2 Å². The van der Waals surface area contributed by atoms with Crippen molar-refractivity contribution in [3.63, 3.8) is 0 Å². The summed E-state index contributed by atoms with van der Waals surface area (Å²) in [5, 5.41) is 9.80. The van der Waals surface area contributed by atoms with E-state index < -0.39 is 17.3 Å². The number of fused-ring (bicyclic) bond motifs is 1. The fourth-order valence-corrected chi connectivity index (χ4v) is 4.10. The molecular formula is C19H23ClFN3O3. The predicted octanol–water partition coefficient (Wildman–Crippen LogP) is 2.83. The second kappa shape index (κ2) is 7.13. The van der Waals surface area contributed by atoms with Gasteiger partial charge in [-0.05, 0) is 50.3 Å². The Hall–Kier alpha value is -2.12. The maximum atomic E-state index is 15.0. The fourth-order valence-electron chi connectivity index (χ4n) is 4.10. The number of nitrogens with zero attached hydrogens (tertiary/aromatic N) is 2. The van der Waals surface area contributed by atoms with Crippen LogP contribution in [0.3, 0.4) is 0 Å². The monoisotopic (exact) mass is 395 g/mol. The van der Waals surface area contributed by atoms with E-state index in [2.05, 4.69) is 0 Å². The van der Waals surface area contributed by atoms with Crippen LogP contribution >= 0.6 is 12.4 Å². The van der Waals surface area contributed by atoms with Crippen LogP contribution in [0, 0.1) is 12.7 Å². The molecule has 2 aliphatic rings. The normalized spacial score (nSPS) is 19.8. The summed E-state index contributed by atoms with van der Waals surface area (Å²) in [6.45, 7) is 3.10. The smallest absolute Gasteiger partial charge is 0.341 e. The van der Waals surface area contributed by atoms with E-state index in [9.17, 15) is 19.1 Å². The van der Waals surface area contributed by atoms with Gasteiger partial charge in [-0.1, -0.05) is 0 Å². The van der Waals surface area contributed by atoms with Gasteiger partial charge in [-0.25, -0.2) is 9.18 Å². The number of anilines is 1. The number of hydrogen-bond donors (Lipinski definition) is 2. The number of pyridine rings is 1. The van der Waals surface area contributed by atoms with Crippen LogP contribution in [0.4, 0.5) is 10.1 Å². The maximum absolute atomic E-state index is 15.0. The molecule has 1 atom stereocenters. The Balaban J connectivity index is 0.00000210. The molecule has 2 heterocycles. The van der Waals surface area contributed by atoms with Crippen LogP contribution in [0.5, 0.6) is 0 Å². The van der Waals surface area contributed by atoms with Crippen molar-refractivity contribution in [1.82, 2.24) is 4.57 Å². The second-order valence-corrected chi connectivity index (χ2v) is 7.39. The zero-order chi connectivity index (χ0) is 18.6. The number of aryl methyl sites for hydroxylation is 1. The molecule has 0 amide bonds. The fraction of sp³-hybridized carbons (Fsp3) is 0.474. The van der Waals surface area contributed by atoms with Gasteiger partial charge in [0.25, 0.3) is 5.56 Å². The van der Waals surface area contributed by atoms with Gasteiger partial charge < -0.3 is 20.3 Å². The van der Waals surface area contributed by atoms with Gasteiger partial charge in [0.15, 0.2) is 0 Å². The van der Waals surface area contributed by atoms with Crippen LogP contribution in [-0.2, 0) is 0 Å². The van der Waals surface area contributed by atoms with Crippen molar-refractivity contribution in [2.75, 3.05) is 18.0 Å². The Morgan fingerprint density at radius 3 is 2.59 bits per heavy atom. The number of hydrogen-bond acceptors (Lipinski definition) is 4. The molecule has 1 aromatic carbocycles. The lowest BCUT2D eigenvalue weighted by Gasteiger charge is -2.34. The topological polar surface area (TPSA) is 88.6 Å². The molecule has 1 unspecified atom stereocenters. The van der Waals surface area contributed by atoms with Gasteiger partial charge in [0.2, 0.25) is 0 Å². The van der Waals surface area contributed by atoms with Gasteiger partial charge in [0, 0.05) is 30.6 Å². The summed E-state index contributed by atoms with van der Waals surface area (Å²) in [7, 11) is 0. The van der Waals surface area contributed by atoms with Gasteiger partial charge in [0.1, 0.15) is 11.4 Å². The van der Waals surface area contributed by atoms with Crippen molar-refractivity contribution in [3.8, 4) is 0 Å². The summed E-state index contributed by atoms with van der Waals surface area (Å²) in [4.78, 5) is 26.1. The van der Waals surface area contributed by atoms with Crippen LogP contribution in [0.2, 0.25) is 0 Å². The number of carbonyl (C=O) groups is 1. The van der Waals surface area contributed by atoms with Crippen molar-refractivity contribution in [2.45, 2.75) is 44.7 Å². The number of aromatic carboxylic acids is 1. The summed E-state index contributed by atoms with van der Waals surface area (Å²) < 4.78 is 16.5. The minimum absolute atomic E-state index is 0. The Morgan fingerprint density at radius 1 is 1.30 bits per heavy atom. The van der Waals surface area contributed by atoms with E-state index in [4.69, 9.17) is 5.73 Å². The van der Waals surface area contributed by atoms with Gasteiger partial charge in [-0.2, -0.15) is 0 Å². The lowest BCUT2D eigenvalue weighted by molar-refractivity contribution is 0.0694. The van der Waals surface area contributed by atoms with E-state index in [1.165, 1.54) is 12.1 Å². The number of nitrogens with two attached hydrogens (primary N) is 1. The predicted molar refractivity (Wildman–Crippen MR) is 105 cm³/mol. The largest absolute Gasteiger partial charge is 0.477 e. The lowest BCUT2D eigenvalue weighted by Crippen LogP contribution is -2.43. The van der Waals surface area contributed by atoms with Crippen molar-refractivity contribution in [3.05, 3.63) is 39.4 Å². The van der Waals surface area contributed by atoms with Crippen LogP contribution in [0.25, 0.3) is 10.9 Å². The van der Waals surface area contributed by atoms with Gasteiger partial charge >= 0.3 is 5.97 Å². The summed E-state index contributed by atoms with van der Waals surface area (Å²) in [5.74, 6) is -1.68. The van der Waals surface area contributed by atoms with Gasteiger partial charge in [0.05, 0.1) is 11.2 Å². The Labute approximate surface area is 162 Å². The van der Waals surface area contributed by atoms with Gasteiger partial charge in [-0.3, -0.25) is 4.79 Å². The summed E-state index contributed by atoms with van der Waals surface area (Å²) in [5.41, 5.74) is 7.03. The molecule has 3 N–H and O–H groups in total. The third kappa shape index (κ3) is 3.30. The third-order valence-corrected chi connectivity index (χ3v) is 5.40. The first-order valence-corrected chi connectivity index (χ1v) is 9.00. The zero-order valence-electron chi connectivity index (χ0n) is 15.1. The maximum Gasteiger partial charge on any atom is 0.341 e. The molecule has 2 aromatic rings. The molecule has 146 valence electrons. The molecule has 1 aliphatic carbocycles. The van der Waals surface area contributed by atoms with Gasteiger partial charge in [-0.15, -0.1) is 12.4 Å². The quantitative estimate of drug-likeness (QED) is 0.834. The number of carboxylic acids is 1. The van der Waals surface area contributed by atoms with E-state index >= 15 is 0 Å². The highest BCUT2D eigenvalue weighted by molar-refractivity contribution is 5.95. The first-order valence-electron chi connectivity index (χ1n) is 9.00. The number of benzene rings is 1. The minimum Gasteiger partial charge on any atom is -0.477 e. The van der Waals surface area contributed by atoms with E-state index in [0.717, 1.165) is 32.2 Å². The SMILES string of the molecule is Cc1c(N2CCCC(N)C2)c(F)cc2cc(C(=O)O)c(=O)n(C3CC3)c12.Cl. The van der Waals surface area contributed by atoms with Crippen molar-refractivity contribution in [2.24, 2.45) is 5.73 Å². The average Bonchev–Trinajstić information content (AvgIpc) is 3.39. The van der Waals surface area contributed by atoms with E-state index in [0.29, 0.717) is 28.7 Å². The molecule has 0 spiro atoms. The molecule has 2 fully saturated rings. The van der Waals surface area contributed by atoms with Crippen molar-refractivity contribution < 1.29 is 14.3 Å². The van der Waals surface area contributed by atoms with E-state index in [1.807, 2.05) is 4.90 Å². The molecule has 0 radical (unpaired) electrons. The molecular weight excluding hydrogens is 373 g/mol. The Kier molecular flexibility index (Phi) is 5.18. The van der Waals surface area contributed by atoms with Crippen molar-refractivity contribution in [1.29, 1.82) is 0 Å². The Morgan fingerprint density at radius 2 is 2.00 bits per heavy atom. The molecule has 8 heteroatoms. The standard InChI is InChI=1S/C19H22FN3O3.ClH/c1-10-16-11(7-14(19(25)26)18(24)23(16)13-4-5-13)8-15(20)17(10)22-6-2-3-12(21)9-22;/h7-8,12-13H,2-6,9,21H2,1H3,(H,25,26);1H. The van der Waals surface area contributed by atoms with E-state index in [-0.39, 0.29) is 30.1 Å². The number of carboxylic acid groups (broad SMARTS) is 1. The molecule has 4 rings (SSSR count). The second-order valence-electron chi connectivity index (χ2n) is 7.39. The molecule has 27 heavy (non-hydrogen) atoms. The minimum atomic E-state index is -1.28. The molecule has 1 saturated heterocycles. The molecule has 6 nitrogen and oxygen atoms in total. The first kappa shape index (κ1) is 19.6. The summed E-state index contributed by atoms with van der Waals surface area (Å²) >= 11 is 0. The van der Waals surface area contributed by atoms with Crippen LogP contribution in [-0.4, -0.2) is 34.8 Å². The molecule has 0 bridgehead atoms.